The Balaban J connectivity index is 1.62. The summed E-state index contributed by atoms with van der Waals surface area (Å²) < 4.78 is 21.0. The molecular weight excluding hydrogens is 319 g/mol. The van der Waals surface area contributed by atoms with Gasteiger partial charge in [-0.2, -0.15) is 0 Å². The number of alkyl halides is 1. The quantitative estimate of drug-likeness (QED) is 0.784. The molecule has 0 radical (unpaired) electrons. The van der Waals surface area contributed by atoms with E-state index >= 15 is 0 Å². The van der Waals surface area contributed by atoms with E-state index in [4.69, 9.17) is 4.74 Å². The minimum absolute atomic E-state index is 0.0514. The van der Waals surface area contributed by atoms with Gasteiger partial charge in [0.1, 0.15) is 5.60 Å². The van der Waals surface area contributed by atoms with Gasteiger partial charge in [-0.3, -0.25) is 9.69 Å². The predicted octanol–water partition coefficient (Wildman–Crippen LogP) is 3.02. The highest BCUT2D eigenvalue weighted by atomic mass is 19.1. The minimum Gasteiger partial charge on any atom is -0.357 e. The Bertz CT molecular complexity index is 597. The monoisotopic (exact) mass is 348 g/mol. The van der Waals surface area contributed by atoms with Crippen LogP contribution in [0, 0.1) is 0 Å². The summed E-state index contributed by atoms with van der Waals surface area (Å²) in [5, 5.41) is 0. The summed E-state index contributed by atoms with van der Waals surface area (Å²) in [6, 6.07) is 9.78. The smallest absolute Gasteiger partial charge is 0.254 e. The molecule has 2 fully saturated rings. The number of carbonyl (C=O) groups excluding carboxylic acids is 1. The Morgan fingerprint density at radius 3 is 2.44 bits per heavy atom. The van der Waals surface area contributed by atoms with Crippen molar-refractivity contribution in [3.63, 3.8) is 0 Å². The third kappa shape index (κ3) is 3.87. The van der Waals surface area contributed by atoms with E-state index in [-0.39, 0.29) is 11.5 Å². The van der Waals surface area contributed by atoms with Crippen LogP contribution in [0.1, 0.15) is 39.2 Å². The number of hydrogen-bond donors (Lipinski definition) is 0. The van der Waals surface area contributed by atoms with Crippen molar-refractivity contribution in [1.29, 1.82) is 0 Å². The topological polar surface area (TPSA) is 32.8 Å². The maximum atomic E-state index is 14.7. The van der Waals surface area contributed by atoms with Gasteiger partial charge in [0.15, 0.2) is 6.30 Å². The number of rotatable bonds is 4. The second-order valence-electron chi connectivity index (χ2n) is 7.77. The molecule has 3 rings (SSSR count). The van der Waals surface area contributed by atoms with Crippen molar-refractivity contribution in [3.05, 3.63) is 35.9 Å². The molecule has 4 nitrogen and oxygen atoms in total. The van der Waals surface area contributed by atoms with Crippen LogP contribution in [0.2, 0.25) is 0 Å². The zero-order chi connectivity index (χ0) is 18.1. The normalized spacial score (nSPS) is 24.5. The zero-order valence-corrected chi connectivity index (χ0v) is 15.5. The van der Waals surface area contributed by atoms with Crippen LogP contribution in [0.15, 0.2) is 30.3 Å². The van der Waals surface area contributed by atoms with Gasteiger partial charge in [0, 0.05) is 32.6 Å². The van der Waals surface area contributed by atoms with Gasteiger partial charge in [-0.1, -0.05) is 30.3 Å². The van der Waals surface area contributed by atoms with Gasteiger partial charge >= 0.3 is 0 Å². The summed E-state index contributed by atoms with van der Waals surface area (Å²) >= 11 is 0. The molecule has 1 unspecified atom stereocenters. The molecule has 0 N–H and O–H groups in total. The molecule has 1 atom stereocenters. The van der Waals surface area contributed by atoms with Crippen LogP contribution in [0.4, 0.5) is 4.39 Å². The number of halogens is 1. The first-order valence-electron chi connectivity index (χ1n) is 9.27. The Morgan fingerprint density at radius 1 is 1.20 bits per heavy atom. The Morgan fingerprint density at radius 2 is 1.84 bits per heavy atom. The van der Waals surface area contributed by atoms with Crippen molar-refractivity contribution in [2.45, 2.75) is 57.5 Å². The molecular formula is C20H29FN2O2. The first-order chi connectivity index (χ1) is 11.9. The van der Waals surface area contributed by atoms with E-state index in [9.17, 15) is 9.18 Å². The Hall–Kier alpha value is -1.46. The van der Waals surface area contributed by atoms with Gasteiger partial charge in [0.2, 0.25) is 0 Å². The van der Waals surface area contributed by atoms with Crippen LogP contribution in [-0.2, 0) is 16.0 Å². The number of ether oxygens (including phenoxy) is 1. The van der Waals surface area contributed by atoms with Gasteiger partial charge in [0.25, 0.3) is 5.91 Å². The molecule has 2 saturated heterocycles. The van der Waals surface area contributed by atoms with Gasteiger partial charge in [0.05, 0.1) is 5.60 Å². The highest BCUT2D eigenvalue weighted by molar-refractivity contribution is 5.85. The Kier molecular flexibility index (Phi) is 5.16. The van der Waals surface area contributed by atoms with E-state index < -0.39 is 11.9 Å². The number of hydrogen-bond acceptors (Lipinski definition) is 3. The van der Waals surface area contributed by atoms with Crippen LogP contribution >= 0.6 is 0 Å². The maximum absolute atomic E-state index is 14.7. The van der Waals surface area contributed by atoms with E-state index in [1.54, 1.807) is 0 Å². The van der Waals surface area contributed by atoms with Gasteiger partial charge in [-0.25, -0.2) is 4.39 Å². The number of benzene rings is 1. The number of likely N-dealkylation sites (N-methyl/N-ethyl adjacent to an activating group) is 1. The molecule has 0 saturated carbocycles. The van der Waals surface area contributed by atoms with Gasteiger partial charge in [-0.05, 0) is 39.2 Å². The molecule has 2 aliphatic rings. The summed E-state index contributed by atoms with van der Waals surface area (Å²) in [4.78, 5) is 16.2. The largest absolute Gasteiger partial charge is 0.357 e. The maximum Gasteiger partial charge on any atom is 0.254 e. The van der Waals surface area contributed by atoms with Gasteiger partial charge in [-0.15, -0.1) is 0 Å². The average molecular weight is 348 g/mol. The van der Waals surface area contributed by atoms with Crippen molar-refractivity contribution in [2.24, 2.45) is 0 Å². The second-order valence-corrected chi connectivity index (χ2v) is 7.77. The number of carbonyl (C=O) groups is 1. The van der Waals surface area contributed by atoms with Crippen LogP contribution < -0.4 is 0 Å². The minimum atomic E-state index is -0.972. The summed E-state index contributed by atoms with van der Waals surface area (Å²) in [7, 11) is 0. The lowest BCUT2D eigenvalue weighted by Gasteiger charge is -2.52. The first-order valence-corrected chi connectivity index (χ1v) is 9.27. The lowest BCUT2D eigenvalue weighted by molar-refractivity contribution is -0.218. The van der Waals surface area contributed by atoms with E-state index in [2.05, 4.69) is 0 Å². The lowest BCUT2D eigenvalue weighted by atomic mass is 9.86. The summed E-state index contributed by atoms with van der Waals surface area (Å²) in [5.41, 5.74) is -0.112. The molecule has 0 bridgehead atoms. The molecule has 1 aromatic rings. The highest BCUT2D eigenvalue weighted by Crippen LogP contribution is 2.37. The van der Waals surface area contributed by atoms with E-state index in [1.807, 2.05) is 60.9 Å². The fourth-order valence-corrected chi connectivity index (χ4v) is 4.08. The molecule has 5 heteroatoms. The Labute approximate surface area is 149 Å². The third-order valence-corrected chi connectivity index (χ3v) is 5.49. The van der Waals surface area contributed by atoms with E-state index in [0.717, 1.165) is 18.4 Å². The van der Waals surface area contributed by atoms with Crippen molar-refractivity contribution in [1.82, 2.24) is 9.80 Å². The van der Waals surface area contributed by atoms with Crippen LogP contribution in [0.25, 0.3) is 0 Å². The van der Waals surface area contributed by atoms with E-state index in [1.165, 1.54) is 0 Å². The molecule has 1 amide bonds. The highest BCUT2D eigenvalue weighted by Gasteiger charge is 2.50. The molecule has 2 aliphatic heterocycles. The number of piperidine rings is 1. The first kappa shape index (κ1) is 18.3. The average Bonchev–Trinajstić information content (AvgIpc) is 2.59. The van der Waals surface area contributed by atoms with Crippen molar-refractivity contribution in [3.8, 4) is 0 Å². The fraction of sp³-hybridized carbons (Fsp3) is 0.650. The summed E-state index contributed by atoms with van der Waals surface area (Å²) in [6.45, 7) is 8.33. The van der Waals surface area contributed by atoms with E-state index in [0.29, 0.717) is 32.6 Å². The molecule has 138 valence electrons. The molecule has 0 aliphatic carbocycles. The standard InChI is InChI=1S/C20H29FN2O2/c1-4-22-15-20(25-19(2,3)18(22)24)10-12-23(13-11-20)17(21)14-16-8-6-5-7-9-16/h5-9,17H,4,10-15H2,1-3H3. The summed E-state index contributed by atoms with van der Waals surface area (Å²) in [5.74, 6) is 0.0514. The van der Waals surface area contributed by atoms with Crippen LogP contribution in [0.3, 0.4) is 0 Å². The molecule has 2 heterocycles. The van der Waals surface area contributed by atoms with Crippen molar-refractivity contribution >= 4 is 5.91 Å². The van der Waals surface area contributed by atoms with Crippen LogP contribution in [-0.4, -0.2) is 59.4 Å². The third-order valence-electron chi connectivity index (χ3n) is 5.49. The number of amides is 1. The number of likely N-dealkylation sites (tertiary alicyclic amines) is 1. The number of nitrogens with zero attached hydrogens (tertiary/aromatic N) is 2. The van der Waals surface area contributed by atoms with Crippen LogP contribution in [0.5, 0.6) is 0 Å². The fourth-order valence-electron chi connectivity index (χ4n) is 4.08. The SMILES string of the molecule is CCN1CC2(CCN(C(F)Cc3ccccc3)CC2)OC(C)(C)C1=O. The molecule has 1 aromatic carbocycles. The van der Waals surface area contributed by atoms with Gasteiger partial charge < -0.3 is 9.64 Å². The predicted molar refractivity (Wildman–Crippen MR) is 96.0 cm³/mol. The summed E-state index contributed by atoms with van der Waals surface area (Å²) in [6.07, 6.45) is 0.963. The lowest BCUT2D eigenvalue weighted by Crippen LogP contribution is -2.65. The molecule has 1 spiro atoms. The zero-order valence-electron chi connectivity index (χ0n) is 15.5. The van der Waals surface area contributed by atoms with Crippen molar-refractivity contribution < 1.29 is 13.9 Å². The molecule has 0 aromatic heterocycles. The molecule has 25 heavy (non-hydrogen) atoms. The number of morpholine rings is 1. The van der Waals surface area contributed by atoms with Crippen molar-refractivity contribution in [2.75, 3.05) is 26.2 Å². The second kappa shape index (κ2) is 7.04.